The lowest BCUT2D eigenvalue weighted by atomic mass is 10.1. The first-order valence-corrected chi connectivity index (χ1v) is 12.0. The maximum Gasteiger partial charge on any atom is 0.252 e. The third-order valence-electron chi connectivity index (χ3n) is 6.58. The lowest BCUT2D eigenvalue weighted by Crippen LogP contribution is -2.49. The van der Waals surface area contributed by atoms with Crippen LogP contribution in [0.1, 0.15) is 60.9 Å². The molecule has 32 heavy (non-hydrogen) atoms. The van der Waals surface area contributed by atoms with Gasteiger partial charge in [0.15, 0.2) is 0 Å². The molecule has 2 heterocycles. The van der Waals surface area contributed by atoms with Crippen molar-refractivity contribution in [2.24, 2.45) is 5.92 Å². The van der Waals surface area contributed by atoms with Crippen molar-refractivity contribution in [3.8, 4) is 0 Å². The van der Waals surface area contributed by atoms with E-state index in [-0.39, 0.29) is 17.7 Å². The lowest BCUT2D eigenvalue weighted by molar-refractivity contribution is -0.133. The fraction of sp³-hybridized carbons (Fsp3) is 0.500. The fourth-order valence-electron chi connectivity index (χ4n) is 4.49. The number of carbonyl (C=O) groups is 2. The summed E-state index contributed by atoms with van der Waals surface area (Å²) in [4.78, 5) is 33.9. The van der Waals surface area contributed by atoms with Crippen molar-refractivity contribution in [3.63, 3.8) is 0 Å². The van der Waals surface area contributed by atoms with Crippen LogP contribution in [0.4, 0.5) is 5.82 Å². The molecular weight excluding hydrogens is 400 g/mol. The van der Waals surface area contributed by atoms with Crippen molar-refractivity contribution < 1.29 is 9.59 Å². The Morgan fingerprint density at radius 1 is 1.00 bits per heavy atom. The highest BCUT2D eigenvalue weighted by atomic mass is 16.2. The number of unbranched alkanes of at least 4 members (excludes halogenated alkanes) is 3. The van der Waals surface area contributed by atoms with Crippen molar-refractivity contribution in [1.29, 1.82) is 0 Å². The van der Waals surface area contributed by atoms with Gasteiger partial charge in [0.05, 0.1) is 5.56 Å². The predicted molar refractivity (Wildman–Crippen MR) is 127 cm³/mol. The minimum atomic E-state index is -0.0617. The Morgan fingerprint density at radius 3 is 2.47 bits per heavy atom. The number of pyridine rings is 1. The third kappa shape index (κ3) is 5.47. The number of nitrogens with one attached hydrogen (secondary N) is 1. The molecule has 1 aliphatic carbocycles. The van der Waals surface area contributed by atoms with E-state index in [2.05, 4.69) is 34.3 Å². The van der Waals surface area contributed by atoms with Gasteiger partial charge in [-0.05, 0) is 36.5 Å². The molecule has 1 N–H and O–H groups in total. The molecule has 1 aromatic carbocycles. The Labute approximate surface area is 191 Å². The van der Waals surface area contributed by atoms with Gasteiger partial charge < -0.3 is 15.1 Å². The number of piperazine rings is 1. The molecule has 2 unspecified atom stereocenters. The van der Waals surface area contributed by atoms with Gasteiger partial charge in [0, 0.05) is 44.8 Å². The summed E-state index contributed by atoms with van der Waals surface area (Å²) in [5.74, 6) is 1.62. The molecule has 1 saturated heterocycles. The molecule has 0 bridgehead atoms. The Morgan fingerprint density at radius 2 is 1.78 bits per heavy atom. The number of aromatic nitrogens is 1. The quantitative estimate of drug-likeness (QED) is 0.609. The maximum atomic E-state index is 12.9. The average Bonchev–Trinajstić information content (AvgIpc) is 3.65. The monoisotopic (exact) mass is 434 g/mol. The fourth-order valence-corrected chi connectivity index (χ4v) is 4.49. The van der Waals surface area contributed by atoms with Crippen LogP contribution in [0.15, 0.2) is 48.7 Å². The van der Waals surface area contributed by atoms with Gasteiger partial charge in [-0.2, -0.15) is 0 Å². The third-order valence-corrected chi connectivity index (χ3v) is 6.58. The van der Waals surface area contributed by atoms with Gasteiger partial charge in [-0.1, -0.05) is 56.5 Å². The summed E-state index contributed by atoms with van der Waals surface area (Å²) in [7, 11) is 0. The minimum Gasteiger partial charge on any atom is -0.353 e. The van der Waals surface area contributed by atoms with Crippen LogP contribution in [-0.2, 0) is 4.79 Å². The molecule has 2 atom stereocenters. The first-order chi connectivity index (χ1) is 15.7. The molecule has 1 aromatic heterocycles. The van der Waals surface area contributed by atoms with Crippen molar-refractivity contribution in [2.45, 2.75) is 44.9 Å². The zero-order valence-corrected chi connectivity index (χ0v) is 19.0. The topological polar surface area (TPSA) is 65.5 Å². The van der Waals surface area contributed by atoms with Crippen LogP contribution in [0.2, 0.25) is 0 Å². The molecule has 170 valence electrons. The first-order valence-electron chi connectivity index (χ1n) is 12.0. The highest BCUT2D eigenvalue weighted by Crippen LogP contribution is 2.48. The second kappa shape index (κ2) is 10.6. The Kier molecular flexibility index (Phi) is 7.40. The standard InChI is InChI=1S/C26H34N4O2/c1-2-3-4-8-13-27-25(31)21-11-12-24(28-19-21)29-14-16-30(17-15-29)26(32)23-18-22(23)20-9-6-5-7-10-20/h5-7,9-12,19,22-23H,2-4,8,13-18H2,1H3,(H,27,31). The van der Waals surface area contributed by atoms with E-state index in [1.165, 1.54) is 18.4 Å². The summed E-state index contributed by atoms with van der Waals surface area (Å²) >= 11 is 0. The second-order valence-electron chi connectivity index (χ2n) is 8.89. The number of rotatable bonds is 9. The minimum absolute atomic E-state index is 0.0617. The van der Waals surface area contributed by atoms with Gasteiger partial charge in [-0.3, -0.25) is 9.59 Å². The van der Waals surface area contributed by atoms with Crippen molar-refractivity contribution in [3.05, 3.63) is 59.8 Å². The molecule has 2 amide bonds. The van der Waals surface area contributed by atoms with Gasteiger partial charge in [-0.15, -0.1) is 0 Å². The smallest absolute Gasteiger partial charge is 0.252 e. The summed E-state index contributed by atoms with van der Waals surface area (Å²) in [5, 5.41) is 2.97. The molecule has 0 radical (unpaired) electrons. The van der Waals surface area contributed by atoms with E-state index in [1.807, 2.05) is 35.2 Å². The van der Waals surface area contributed by atoms with Crippen LogP contribution >= 0.6 is 0 Å². The second-order valence-corrected chi connectivity index (χ2v) is 8.89. The molecule has 2 aromatic rings. The molecule has 0 spiro atoms. The number of hydrogen-bond acceptors (Lipinski definition) is 4. The number of anilines is 1. The SMILES string of the molecule is CCCCCCNC(=O)c1ccc(N2CCN(C(=O)C3CC3c3ccccc3)CC2)nc1. The molecule has 2 aliphatic rings. The normalized spacial score (nSPS) is 20.2. The lowest BCUT2D eigenvalue weighted by Gasteiger charge is -2.35. The van der Waals surface area contributed by atoms with E-state index < -0.39 is 0 Å². The van der Waals surface area contributed by atoms with Gasteiger partial charge in [-0.25, -0.2) is 4.98 Å². The first kappa shape index (κ1) is 22.3. The van der Waals surface area contributed by atoms with Gasteiger partial charge in [0.25, 0.3) is 5.91 Å². The summed E-state index contributed by atoms with van der Waals surface area (Å²) in [6.45, 7) is 5.87. The molecule has 6 nitrogen and oxygen atoms in total. The molecule has 1 aliphatic heterocycles. The summed E-state index contributed by atoms with van der Waals surface area (Å²) in [6, 6.07) is 14.1. The van der Waals surface area contributed by atoms with Crippen LogP contribution in [0.3, 0.4) is 0 Å². The Bertz CT molecular complexity index is 892. The zero-order chi connectivity index (χ0) is 22.3. The van der Waals surface area contributed by atoms with Crippen molar-refractivity contribution in [1.82, 2.24) is 15.2 Å². The molecule has 2 fully saturated rings. The van der Waals surface area contributed by atoms with E-state index in [0.717, 1.165) is 51.3 Å². The summed E-state index contributed by atoms with van der Waals surface area (Å²) in [5.41, 5.74) is 1.87. The maximum absolute atomic E-state index is 12.9. The highest BCUT2D eigenvalue weighted by molar-refractivity contribution is 5.94. The van der Waals surface area contributed by atoms with Gasteiger partial charge in [0.1, 0.15) is 5.82 Å². The number of amides is 2. The summed E-state index contributed by atoms with van der Waals surface area (Å²) < 4.78 is 0. The highest BCUT2D eigenvalue weighted by Gasteiger charge is 2.46. The summed E-state index contributed by atoms with van der Waals surface area (Å²) in [6.07, 6.45) is 7.18. The van der Waals surface area contributed by atoms with Crippen LogP contribution in [0.5, 0.6) is 0 Å². The molecule has 6 heteroatoms. The largest absolute Gasteiger partial charge is 0.353 e. The van der Waals surface area contributed by atoms with Crippen molar-refractivity contribution >= 4 is 17.6 Å². The number of carbonyl (C=O) groups excluding carboxylic acids is 2. The van der Waals surface area contributed by atoms with E-state index in [4.69, 9.17) is 0 Å². The number of benzene rings is 1. The van der Waals surface area contributed by atoms with Crippen molar-refractivity contribution in [2.75, 3.05) is 37.6 Å². The molecule has 1 saturated carbocycles. The van der Waals surface area contributed by atoms with E-state index in [9.17, 15) is 9.59 Å². The molecule has 4 rings (SSSR count). The zero-order valence-electron chi connectivity index (χ0n) is 19.0. The van der Waals surface area contributed by atoms with Gasteiger partial charge in [0.2, 0.25) is 5.91 Å². The number of hydrogen-bond donors (Lipinski definition) is 1. The van der Waals surface area contributed by atoms with Crippen LogP contribution in [-0.4, -0.2) is 54.4 Å². The van der Waals surface area contributed by atoms with E-state index >= 15 is 0 Å². The van der Waals surface area contributed by atoms with Crippen LogP contribution in [0.25, 0.3) is 0 Å². The van der Waals surface area contributed by atoms with Gasteiger partial charge >= 0.3 is 0 Å². The molecular formula is C26H34N4O2. The van der Waals surface area contributed by atoms with E-state index in [1.54, 1.807) is 6.20 Å². The van der Waals surface area contributed by atoms with Crippen LogP contribution < -0.4 is 10.2 Å². The Hall–Kier alpha value is -2.89. The van der Waals surface area contributed by atoms with Crippen LogP contribution in [0, 0.1) is 5.92 Å². The number of nitrogens with zero attached hydrogens (tertiary/aromatic N) is 3. The predicted octanol–water partition coefficient (Wildman–Crippen LogP) is 3.84. The average molecular weight is 435 g/mol. The Balaban J connectivity index is 1.22. The van der Waals surface area contributed by atoms with E-state index in [0.29, 0.717) is 18.0 Å².